The van der Waals surface area contributed by atoms with Crippen LogP contribution in [0.5, 0.6) is 0 Å². The van der Waals surface area contributed by atoms with Gasteiger partial charge in [-0.15, -0.1) is 0 Å². The summed E-state index contributed by atoms with van der Waals surface area (Å²) in [5.41, 5.74) is 3.27. The van der Waals surface area contributed by atoms with Crippen LogP contribution in [0.1, 0.15) is 5.56 Å². The van der Waals surface area contributed by atoms with Gasteiger partial charge in [-0.3, -0.25) is 4.68 Å². The van der Waals surface area contributed by atoms with Crippen molar-refractivity contribution in [1.82, 2.24) is 19.7 Å². The van der Waals surface area contributed by atoms with Crippen molar-refractivity contribution >= 4 is 17.0 Å². The summed E-state index contributed by atoms with van der Waals surface area (Å²) in [6.07, 6.45) is 4.85. The van der Waals surface area contributed by atoms with E-state index in [1.54, 1.807) is 0 Å². The second kappa shape index (κ2) is 4.52. The molecule has 0 atom stereocenters. The molecule has 0 aliphatic carbocycles. The molecule has 0 amide bonds. The summed E-state index contributed by atoms with van der Waals surface area (Å²) in [4.78, 5) is 7.71. The van der Waals surface area contributed by atoms with Crippen LogP contribution in [0.4, 0.5) is 5.95 Å². The minimum absolute atomic E-state index is 0.820. The fourth-order valence-corrected chi connectivity index (χ4v) is 1.96. The maximum Gasteiger partial charge on any atom is 0.201 e. The third-order valence-electron chi connectivity index (χ3n) is 2.85. The molecular weight excluding hydrogens is 226 g/mol. The van der Waals surface area contributed by atoms with E-state index in [9.17, 15) is 0 Å². The molecular formula is C13H15N5. The molecule has 0 aliphatic heterocycles. The first-order valence-corrected chi connectivity index (χ1v) is 5.97. The number of anilines is 1. The van der Waals surface area contributed by atoms with Crippen molar-refractivity contribution in [1.29, 1.82) is 0 Å². The molecule has 0 spiro atoms. The number of aryl methyl sites for hydroxylation is 1. The number of aromatic amines is 1. The van der Waals surface area contributed by atoms with Gasteiger partial charge in [0.2, 0.25) is 5.95 Å². The first-order valence-electron chi connectivity index (χ1n) is 5.97. The van der Waals surface area contributed by atoms with Gasteiger partial charge in [-0.2, -0.15) is 5.10 Å². The van der Waals surface area contributed by atoms with Crippen LogP contribution in [0, 0.1) is 0 Å². The first-order chi connectivity index (χ1) is 8.81. The average molecular weight is 241 g/mol. The fraction of sp³-hybridized carbons (Fsp3) is 0.231. The third kappa shape index (κ3) is 2.20. The zero-order chi connectivity index (χ0) is 12.4. The van der Waals surface area contributed by atoms with Crippen LogP contribution in [0.2, 0.25) is 0 Å². The number of nitrogens with one attached hydrogen (secondary N) is 2. The lowest BCUT2D eigenvalue weighted by Crippen LogP contribution is -2.05. The molecule has 0 aliphatic rings. The SMILES string of the molecule is Cn1cc(CCNc2nc3ccccc3[nH]2)cn1. The minimum Gasteiger partial charge on any atom is -0.355 e. The van der Waals surface area contributed by atoms with Gasteiger partial charge in [0.25, 0.3) is 0 Å². The van der Waals surface area contributed by atoms with E-state index in [0.717, 1.165) is 29.9 Å². The second-order valence-electron chi connectivity index (χ2n) is 4.30. The Morgan fingerprint density at radius 3 is 3.00 bits per heavy atom. The van der Waals surface area contributed by atoms with Crippen molar-refractivity contribution in [2.24, 2.45) is 7.05 Å². The maximum atomic E-state index is 4.46. The van der Waals surface area contributed by atoms with Gasteiger partial charge >= 0.3 is 0 Å². The summed E-state index contributed by atoms with van der Waals surface area (Å²) in [5.74, 6) is 0.820. The number of rotatable bonds is 4. The lowest BCUT2D eigenvalue weighted by Gasteiger charge is -2.00. The molecule has 5 nitrogen and oxygen atoms in total. The molecule has 5 heteroatoms. The summed E-state index contributed by atoms with van der Waals surface area (Å²) < 4.78 is 1.82. The lowest BCUT2D eigenvalue weighted by molar-refractivity contribution is 0.767. The van der Waals surface area contributed by atoms with Crippen LogP contribution in [0.3, 0.4) is 0 Å². The second-order valence-corrected chi connectivity index (χ2v) is 4.30. The molecule has 2 heterocycles. The lowest BCUT2D eigenvalue weighted by atomic mass is 10.2. The Morgan fingerprint density at radius 1 is 1.33 bits per heavy atom. The summed E-state index contributed by atoms with van der Waals surface area (Å²) in [5, 5.41) is 7.43. The molecule has 3 aromatic rings. The molecule has 1 aromatic carbocycles. The molecule has 2 aromatic heterocycles. The highest BCUT2D eigenvalue weighted by atomic mass is 15.2. The van der Waals surface area contributed by atoms with Gasteiger partial charge in [0, 0.05) is 19.8 Å². The number of fused-ring (bicyclic) bond motifs is 1. The van der Waals surface area contributed by atoms with Gasteiger partial charge in [0.05, 0.1) is 17.2 Å². The van der Waals surface area contributed by atoms with Gasteiger partial charge < -0.3 is 10.3 Å². The highest BCUT2D eigenvalue weighted by molar-refractivity contribution is 5.77. The van der Waals surface area contributed by atoms with Crippen LogP contribution in [-0.4, -0.2) is 26.3 Å². The minimum atomic E-state index is 0.820. The number of aromatic nitrogens is 4. The van der Waals surface area contributed by atoms with Crippen LogP contribution in [0.25, 0.3) is 11.0 Å². The van der Waals surface area contributed by atoms with Crippen molar-refractivity contribution in [2.75, 3.05) is 11.9 Å². The van der Waals surface area contributed by atoms with E-state index in [0.29, 0.717) is 0 Å². The first kappa shape index (κ1) is 10.8. The van der Waals surface area contributed by atoms with Crippen molar-refractivity contribution in [3.05, 3.63) is 42.2 Å². The van der Waals surface area contributed by atoms with Crippen molar-refractivity contribution in [3.63, 3.8) is 0 Å². The van der Waals surface area contributed by atoms with E-state index in [1.165, 1.54) is 5.56 Å². The largest absolute Gasteiger partial charge is 0.355 e. The summed E-state index contributed by atoms with van der Waals surface area (Å²) in [6, 6.07) is 8.01. The van der Waals surface area contributed by atoms with Crippen molar-refractivity contribution in [2.45, 2.75) is 6.42 Å². The standard InChI is InChI=1S/C13H15N5/c1-18-9-10(8-15-18)6-7-14-13-16-11-4-2-3-5-12(11)17-13/h2-5,8-9H,6-7H2,1H3,(H2,14,16,17). The number of H-pyrrole nitrogens is 1. The molecule has 18 heavy (non-hydrogen) atoms. The Labute approximate surface area is 105 Å². The predicted octanol–water partition coefficient (Wildman–Crippen LogP) is 1.95. The monoisotopic (exact) mass is 241 g/mol. The average Bonchev–Trinajstić information content (AvgIpc) is 2.95. The normalized spacial score (nSPS) is 10.9. The zero-order valence-corrected chi connectivity index (χ0v) is 10.2. The van der Waals surface area contributed by atoms with E-state index in [4.69, 9.17) is 0 Å². The smallest absolute Gasteiger partial charge is 0.201 e. The van der Waals surface area contributed by atoms with E-state index in [2.05, 4.69) is 20.4 Å². The molecule has 3 rings (SSSR count). The summed E-state index contributed by atoms with van der Waals surface area (Å²) in [6.45, 7) is 0.839. The molecule has 0 bridgehead atoms. The summed E-state index contributed by atoms with van der Waals surface area (Å²) in [7, 11) is 1.93. The Balaban J connectivity index is 1.62. The van der Waals surface area contributed by atoms with Crippen molar-refractivity contribution < 1.29 is 0 Å². The number of hydrogen-bond acceptors (Lipinski definition) is 3. The highest BCUT2D eigenvalue weighted by Crippen LogP contribution is 2.13. The Morgan fingerprint density at radius 2 is 2.22 bits per heavy atom. The van der Waals surface area contributed by atoms with Crippen LogP contribution in [-0.2, 0) is 13.5 Å². The Kier molecular flexibility index (Phi) is 2.72. The van der Waals surface area contributed by atoms with E-state index < -0.39 is 0 Å². The fourth-order valence-electron chi connectivity index (χ4n) is 1.96. The van der Waals surface area contributed by atoms with Crippen LogP contribution >= 0.6 is 0 Å². The maximum absolute atomic E-state index is 4.46. The highest BCUT2D eigenvalue weighted by Gasteiger charge is 2.01. The molecule has 0 unspecified atom stereocenters. The van der Waals surface area contributed by atoms with E-state index in [1.807, 2.05) is 48.4 Å². The topological polar surface area (TPSA) is 58.5 Å². The quantitative estimate of drug-likeness (QED) is 0.734. The number of imidazole rings is 1. The number of nitrogens with zero attached hydrogens (tertiary/aromatic N) is 3. The third-order valence-corrected chi connectivity index (χ3v) is 2.85. The molecule has 2 N–H and O–H groups in total. The van der Waals surface area contributed by atoms with E-state index >= 15 is 0 Å². The van der Waals surface area contributed by atoms with Crippen molar-refractivity contribution in [3.8, 4) is 0 Å². The number of hydrogen-bond donors (Lipinski definition) is 2. The van der Waals surface area contributed by atoms with Gasteiger partial charge in [-0.1, -0.05) is 12.1 Å². The molecule has 0 saturated heterocycles. The van der Waals surface area contributed by atoms with Gasteiger partial charge in [-0.05, 0) is 24.1 Å². The summed E-state index contributed by atoms with van der Waals surface area (Å²) >= 11 is 0. The predicted molar refractivity (Wildman–Crippen MR) is 71.5 cm³/mol. The Hall–Kier alpha value is -2.30. The number of para-hydroxylation sites is 2. The molecule has 0 saturated carbocycles. The molecule has 0 radical (unpaired) electrons. The van der Waals surface area contributed by atoms with Gasteiger partial charge in [0.1, 0.15) is 0 Å². The molecule has 92 valence electrons. The number of benzene rings is 1. The van der Waals surface area contributed by atoms with Gasteiger partial charge in [-0.25, -0.2) is 4.98 Å². The van der Waals surface area contributed by atoms with Gasteiger partial charge in [0.15, 0.2) is 0 Å². The van der Waals surface area contributed by atoms with Crippen LogP contribution < -0.4 is 5.32 Å². The van der Waals surface area contributed by atoms with Crippen LogP contribution in [0.15, 0.2) is 36.7 Å². The molecule has 0 fully saturated rings. The zero-order valence-electron chi connectivity index (χ0n) is 10.2. The van der Waals surface area contributed by atoms with E-state index in [-0.39, 0.29) is 0 Å². The Bertz CT molecular complexity index is 619.